The average molecular weight is 357 g/mol. The van der Waals surface area contributed by atoms with Gasteiger partial charge in [-0.2, -0.15) is 0 Å². The lowest BCUT2D eigenvalue weighted by atomic mass is 9.95. The van der Waals surface area contributed by atoms with Gasteiger partial charge in [0, 0.05) is 19.0 Å². The summed E-state index contributed by atoms with van der Waals surface area (Å²) in [6, 6.07) is 4.60. The van der Waals surface area contributed by atoms with Crippen LogP contribution in [0, 0.1) is 11.7 Å². The second-order valence-electron chi connectivity index (χ2n) is 6.11. The SMILES string of the molecule is CC(C)CN1C(=O)CCCC(N)C1c1ccc(F)c(Br)c1. The molecule has 1 aromatic rings. The van der Waals surface area contributed by atoms with Gasteiger partial charge in [-0.05, 0) is 52.4 Å². The molecule has 0 aliphatic carbocycles. The maximum Gasteiger partial charge on any atom is 0.223 e. The molecule has 1 aliphatic rings. The van der Waals surface area contributed by atoms with Crippen molar-refractivity contribution in [3.63, 3.8) is 0 Å². The number of nitrogens with zero attached hydrogens (tertiary/aromatic N) is 1. The number of hydrogen-bond acceptors (Lipinski definition) is 2. The smallest absolute Gasteiger partial charge is 0.223 e. The van der Waals surface area contributed by atoms with Crippen molar-refractivity contribution in [1.82, 2.24) is 4.90 Å². The van der Waals surface area contributed by atoms with Crippen LogP contribution in [0.3, 0.4) is 0 Å². The number of likely N-dealkylation sites (tertiary alicyclic amines) is 1. The van der Waals surface area contributed by atoms with E-state index in [9.17, 15) is 9.18 Å². The number of carbonyl (C=O) groups is 1. The number of halogens is 2. The molecule has 0 radical (unpaired) electrons. The number of amides is 1. The number of carbonyl (C=O) groups excluding carboxylic acids is 1. The van der Waals surface area contributed by atoms with Crippen molar-refractivity contribution in [2.45, 2.75) is 45.2 Å². The fourth-order valence-electron chi connectivity index (χ4n) is 2.91. The summed E-state index contributed by atoms with van der Waals surface area (Å²) in [7, 11) is 0. The first kappa shape index (κ1) is 16.4. The van der Waals surface area contributed by atoms with Crippen LogP contribution in [-0.4, -0.2) is 23.4 Å². The van der Waals surface area contributed by atoms with Gasteiger partial charge in [-0.3, -0.25) is 4.79 Å². The van der Waals surface area contributed by atoms with Gasteiger partial charge in [-0.25, -0.2) is 4.39 Å². The Labute approximate surface area is 133 Å². The standard InChI is InChI=1S/C16H22BrFN2O/c1-10(2)9-20-15(21)5-3-4-14(19)16(20)11-6-7-13(18)12(17)8-11/h6-8,10,14,16H,3-5,9,19H2,1-2H3. The van der Waals surface area contributed by atoms with E-state index in [0.717, 1.165) is 18.4 Å². The first-order valence-electron chi connectivity index (χ1n) is 7.40. The van der Waals surface area contributed by atoms with Gasteiger partial charge in [-0.15, -0.1) is 0 Å². The molecule has 2 rings (SSSR count). The molecule has 2 atom stereocenters. The predicted octanol–water partition coefficient (Wildman–Crippen LogP) is 3.63. The number of rotatable bonds is 3. The van der Waals surface area contributed by atoms with Crippen molar-refractivity contribution in [2.75, 3.05) is 6.54 Å². The minimum atomic E-state index is -0.303. The number of nitrogens with two attached hydrogens (primary N) is 1. The third kappa shape index (κ3) is 3.83. The first-order valence-corrected chi connectivity index (χ1v) is 8.19. The first-order chi connectivity index (χ1) is 9.90. The van der Waals surface area contributed by atoms with Gasteiger partial charge in [0.1, 0.15) is 5.82 Å². The van der Waals surface area contributed by atoms with Gasteiger partial charge in [0.15, 0.2) is 0 Å². The predicted molar refractivity (Wildman–Crippen MR) is 85.2 cm³/mol. The van der Waals surface area contributed by atoms with E-state index in [1.54, 1.807) is 12.1 Å². The van der Waals surface area contributed by atoms with E-state index >= 15 is 0 Å². The summed E-state index contributed by atoms with van der Waals surface area (Å²) in [5.74, 6) is 0.204. The van der Waals surface area contributed by atoms with Crippen LogP contribution < -0.4 is 5.73 Å². The Balaban J connectivity index is 2.40. The molecule has 2 unspecified atom stereocenters. The maximum atomic E-state index is 13.5. The van der Waals surface area contributed by atoms with Crippen molar-refractivity contribution >= 4 is 21.8 Å². The van der Waals surface area contributed by atoms with Gasteiger partial charge in [0.05, 0.1) is 10.5 Å². The van der Waals surface area contributed by atoms with Crippen LogP contribution in [-0.2, 0) is 4.79 Å². The number of hydrogen-bond donors (Lipinski definition) is 1. The second-order valence-corrected chi connectivity index (χ2v) is 6.97. The Morgan fingerprint density at radius 3 is 2.81 bits per heavy atom. The summed E-state index contributed by atoms with van der Waals surface area (Å²) in [4.78, 5) is 14.3. The van der Waals surface area contributed by atoms with Crippen LogP contribution >= 0.6 is 15.9 Å². The molecule has 5 heteroatoms. The van der Waals surface area contributed by atoms with E-state index in [2.05, 4.69) is 29.8 Å². The molecule has 1 amide bonds. The lowest BCUT2D eigenvalue weighted by Crippen LogP contribution is -2.43. The van der Waals surface area contributed by atoms with E-state index in [1.165, 1.54) is 6.07 Å². The van der Waals surface area contributed by atoms with Gasteiger partial charge in [0.2, 0.25) is 5.91 Å². The van der Waals surface area contributed by atoms with Gasteiger partial charge >= 0.3 is 0 Å². The Hall–Kier alpha value is -0.940. The summed E-state index contributed by atoms with van der Waals surface area (Å²) in [6.45, 7) is 4.84. The van der Waals surface area contributed by atoms with Crippen molar-refractivity contribution in [3.8, 4) is 0 Å². The summed E-state index contributed by atoms with van der Waals surface area (Å²) >= 11 is 3.22. The molecular formula is C16H22BrFN2O. The molecule has 1 aromatic carbocycles. The topological polar surface area (TPSA) is 46.3 Å². The Morgan fingerprint density at radius 2 is 2.19 bits per heavy atom. The summed E-state index contributed by atoms with van der Waals surface area (Å²) in [5.41, 5.74) is 7.22. The van der Waals surface area contributed by atoms with E-state index in [0.29, 0.717) is 23.4 Å². The maximum absolute atomic E-state index is 13.5. The zero-order valence-corrected chi connectivity index (χ0v) is 14.1. The molecule has 21 heavy (non-hydrogen) atoms. The van der Waals surface area contributed by atoms with Crippen LogP contribution in [0.4, 0.5) is 4.39 Å². The molecule has 0 bridgehead atoms. The molecule has 1 saturated heterocycles. The van der Waals surface area contributed by atoms with Crippen LogP contribution in [0.15, 0.2) is 22.7 Å². The molecule has 1 heterocycles. The van der Waals surface area contributed by atoms with E-state index < -0.39 is 0 Å². The zero-order valence-electron chi connectivity index (χ0n) is 12.5. The van der Waals surface area contributed by atoms with Crippen LogP contribution in [0.2, 0.25) is 0 Å². The highest BCUT2D eigenvalue weighted by atomic mass is 79.9. The van der Waals surface area contributed by atoms with Crippen LogP contribution in [0.25, 0.3) is 0 Å². The Morgan fingerprint density at radius 1 is 1.48 bits per heavy atom. The van der Waals surface area contributed by atoms with E-state index in [-0.39, 0.29) is 23.8 Å². The van der Waals surface area contributed by atoms with Crippen LogP contribution in [0.5, 0.6) is 0 Å². The fourth-order valence-corrected chi connectivity index (χ4v) is 3.31. The molecule has 2 N–H and O–H groups in total. The molecule has 0 spiro atoms. The van der Waals surface area contributed by atoms with Gasteiger partial charge in [0.25, 0.3) is 0 Å². The molecule has 0 saturated carbocycles. The van der Waals surface area contributed by atoms with E-state index in [4.69, 9.17) is 5.73 Å². The third-order valence-electron chi connectivity index (χ3n) is 3.84. The molecule has 1 aliphatic heterocycles. The third-order valence-corrected chi connectivity index (χ3v) is 4.44. The van der Waals surface area contributed by atoms with Crippen molar-refractivity contribution < 1.29 is 9.18 Å². The lowest BCUT2D eigenvalue weighted by molar-refractivity contribution is -0.133. The molecule has 116 valence electrons. The summed E-state index contributed by atoms with van der Waals surface area (Å²) < 4.78 is 13.9. The van der Waals surface area contributed by atoms with Gasteiger partial charge in [-0.1, -0.05) is 19.9 Å². The largest absolute Gasteiger partial charge is 0.334 e. The monoisotopic (exact) mass is 356 g/mol. The second kappa shape index (κ2) is 6.88. The van der Waals surface area contributed by atoms with Crippen LogP contribution in [0.1, 0.15) is 44.7 Å². The molecule has 0 aromatic heterocycles. The van der Waals surface area contributed by atoms with Crippen molar-refractivity contribution in [2.24, 2.45) is 11.7 Å². The molecule has 1 fully saturated rings. The van der Waals surface area contributed by atoms with Gasteiger partial charge < -0.3 is 10.6 Å². The highest BCUT2D eigenvalue weighted by Crippen LogP contribution is 2.32. The minimum Gasteiger partial charge on any atom is -0.334 e. The normalized spacial score (nSPS) is 23.5. The minimum absolute atomic E-state index is 0.118. The summed E-state index contributed by atoms with van der Waals surface area (Å²) in [6.07, 6.45) is 2.16. The zero-order chi connectivity index (χ0) is 15.6. The Bertz CT molecular complexity index is 521. The number of benzene rings is 1. The highest BCUT2D eigenvalue weighted by molar-refractivity contribution is 9.10. The van der Waals surface area contributed by atoms with Crippen molar-refractivity contribution in [1.29, 1.82) is 0 Å². The quantitative estimate of drug-likeness (QED) is 0.898. The Kier molecular flexibility index (Phi) is 5.38. The highest BCUT2D eigenvalue weighted by Gasteiger charge is 2.33. The average Bonchev–Trinajstić information content (AvgIpc) is 2.53. The summed E-state index contributed by atoms with van der Waals surface area (Å²) in [5, 5.41) is 0. The van der Waals surface area contributed by atoms with Crippen molar-refractivity contribution in [3.05, 3.63) is 34.1 Å². The fraction of sp³-hybridized carbons (Fsp3) is 0.562. The lowest BCUT2D eigenvalue weighted by Gasteiger charge is -2.35. The molecule has 3 nitrogen and oxygen atoms in total. The molecular weight excluding hydrogens is 335 g/mol. The van der Waals surface area contributed by atoms with E-state index in [1.807, 2.05) is 4.90 Å².